The topological polar surface area (TPSA) is 102 Å². The van der Waals surface area contributed by atoms with E-state index in [0.29, 0.717) is 5.75 Å². The van der Waals surface area contributed by atoms with Gasteiger partial charge in [0, 0.05) is 0 Å². The van der Waals surface area contributed by atoms with Crippen molar-refractivity contribution in [1.82, 2.24) is 0 Å². The van der Waals surface area contributed by atoms with Crippen LogP contribution in [0.4, 0.5) is 9.59 Å². The minimum atomic E-state index is -1.52. The number of benzene rings is 1. The monoisotopic (exact) mass is 256 g/mol. The zero-order chi connectivity index (χ0) is 13.4. The highest BCUT2D eigenvalue weighted by molar-refractivity contribution is 5.58. The molecule has 1 aromatic carbocycles. The molecule has 0 radical (unpaired) electrons. The van der Waals surface area contributed by atoms with Crippen LogP contribution < -0.4 is 4.74 Å². The molecule has 0 aliphatic heterocycles. The van der Waals surface area contributed by atoms with Crippen LogP contribution in [0.5, 0.6) is 5.75 Å². The highest BCUT2D eigenvalue weighted by Crippen LogP contribution is 2.09. The van der Waals surface area contributed by atoms with Crippen LogP contribution in [0.25, 0.3) is 0 Å². The van der Waals surface area contributed by atoms with Crippen molar-refractivity contribution in [3.63, 3.8) is 0 Å². The molecule has 1 atom stereocenters. The van der Waals surface area contributed by atoms with Crippen LogP contribution >= 0.6 is 0 Å². The molecular weight excluding hydrogens is 244 g/mol. The van der Waals surface area contributed by atoms with Gasteiger partial charge >= 0.3 is 12.3 Å². The van der Waals surface area contributed by atoms with E-state index in [1.165, 1.54) is 0 Å². The summed E-state index contributed by atoms with van der Waals surface area (Å²) in [6.45, 7) is -0.557. The molecule has 0 spiro atoms. The van der Waals surface area contributed by atoms with Crippen molar-refractivity contribution in [2.24, 2.45) is 0 Å². The predicted molar refractivity (Wildman–Crippen MR) is 58.8 cm³/mol. The van der Waals surface area contributed by atoms with Crippen LogP contribution in [0.3, 0.4) is 0 Å². The maximum atomic E-state index is 10.4. The normalized spacial score (nSPS) is 11.3. The molecule has 18 heavy (non-hydrogen) atoms. The van der Waals surface area contributed by atoms with Gasteiger partial charge in [-0.1, -0.05) is 18.2 Å². The fourth-order valence-corrected chi connectivity index (χ4v) is 1.13. The van der Waals surface area contributed by atoms with E-state index in [4.69, 9.17) is 14.9 Å². The van der Waals surface area contributed by atoms with Gasteiger partial charge in [-0.2, -0.15) is 0 Å². The van der Waals surface area contributed by atoms with Crippen LogP contribution in [0.15, 0.2) is 30.3 Å². The van der Waals surface area contributed by atoms with Gasteiger partial charge in [-0.15, -0.1) is 0 Å². The lowest BCUT2D eigenvalue weighted by Gasteiger charge is -2.15. The smallest absolute Gasteiger partial charge is 0.490 e. The van der Waals surface area contributed by atoms with Crippen LogP contribution in [0.1, 0.15) is 0 Å². The van der Waals surface area contributed by atoms with E-state index in [0.717, 1.165) is 0 Å². The van der Waals surface area contributed by atoms with E-state index in [1.807, 2.05) is 0 Å². The molecular formula is C11H12O7. The van der Waals surface area contributed by atoms with Gasteiger partial charge in [0.15, 0.2) is 6.10 Å². The summed E-state index contributed by atoms with van der Waals surface area (Å²) < 4.78 is 13.9. The fourth-order valence-electron chi connectivity index (χ4n) is 1.13. The third kappa shape index (κ3) is 5.59. The maximum Gasteiger partial charge on any atom is 0.506 e. The summed E-state index contributed by atoms with van der Waals surface area (Å²) in [5.41, 5.74) is 0. The van der Waals surface area contributed by atoms with Crippen molar-refractivity contribution in [1.29, 1.82) is 0 Å². The number of para-hydroxylation sites is 1. The maximum absolute atomic E-state index is 10.4. The Bertz CT molecular complexity index is 390. The number of hydrogen-bond acceptors (Lipinski definition) is 5. The largest absolute Gasteiger partial charge is 0.506 e. The molecule has 0 saturated heterocycles. The molecule has 98 valence electrons. The summed E-state index contributed by atoms with van der Waals surface area (Å²) in [4.78, 5) is 20.6. The lowest BCUT2D eigenvalue weighted by molar-refractivity contribution is -0.0125. The summed E-state index contributed by atoms with van der Waals surface area (Å²) >= 11 is 0. The molecule has 1 aromatic rings. The molecule has 0 saturated carbocycles. The minimum Gasteiger partial charge on any atom is -0.490 e. The first-order valence-corrected chi connectivity index (χ1v) is 5.01. The molecule has 0 aromatic heterocycles. The van der Waals surface area contributed by atoms with Gasteiger partial charge in [-0.3, -0.25) is 0 Å². The third-order valence-electron chi connectivity index (χ3n) is 1.84. The zero-order valence-corrected chi connectivity index (χ0v) is 9.31. The molecule has 0 heterocycles. The quantitative estimate of drug-likeness (QED) is 0.748. The van der Waals surface area contributed by atoms with Crippen molar-refractivity contribution in [3.8, 4) is 5.75 Å². The summed E-state index contributed by atoms with van der Waals surface area (Å²) in [6.07, 6.45) is -4.04. The Morgan fingerprint density at radius 1 is 1.06 bits per heavy atom. The standard InChI is InChI=1S/C11H12O7/c12-10(13)17-7-9(18-11(14)15)6-16-8-4-2-1-3-5-8/h1-5,9H,6-7H2,(H,12,13)(H,14,15). The zero-order valence-electron chi connectivity index (χ0n) is 9.31. The molecule has 2 N–H and O–H groups in total. The Balaban J connectivity index is 2.45. The average Bonchev–Trinajstić information content (AvgIpc) is 2.33. The lowest BCUT2D eigenvalue weighted by Crippen LogP contribution is -2.30. The Kier molecular flexibility index (Phi) is 5.30. The van der Waals surface area contributed by atoms with Gasteiger partial charge in [0.1, 0.15) is 19.0 Å². The SMILES string of the molecule is O=C(O)OCC(COc1ccccc1)OC(=O)O. The lowest BCUT2D eigenvalue weighted by atomic mass is 10.3. The van der Waals surface area contributed by atoms with Crippen molar-refractivity contribution in [2.45, 2.75) is 6.10 Å². The molecule has 0 fully saturated rings. The molecule has 1 rings (SSSR count). The van der Waals surface area contributed by atoms with E-state index in [-0.39, 0.29) is 6.61 Å². The number of rotatable bonds is 6. The predicted octanol–water partition coefficient (Wildman–Crippen LogP) is 1.82. The Labute approximate surface area is 103 Å². The number of ether oxygens (including phenoxy) is 3. The molecule has 0 aliphatic carbocycles. The summed E-state index contributed by atoms with van der Waals surface area (Å²) in [5, 5.41) is 16.8. The fraction of sp³-hybridized carbons (Fsp3) is 0.273. The van der Waals surface area contributed by atoms with E-state index in [1.54, 1.807) is 30.3 Å². The number of carboxylic acid groups (broad SMARTS) is 2. The number of hydrogen-bond donors (Lipinski definition) is 2. The second-order valence-corrected chi connectivity index (χ2v) is 3.21. The Morgan fingerprint density at radius 3 is 2.28 bits per heavy atom. The second kappa shape index (κ2) is 7.00. The van der Waals surface area contributed by atoms with E-state index < -0.39 is 25.0 Å². The molecule has 7 nitrogen and oxygen atoms in total. The van der Waals surface area contributed by atoms with Gasteiger partial charge in [0.2, 0.25) is 0 Å². The average molecular weight is 256 g/mol. The molecule has 0 aliphatic rings. The van der Waals surface area contributed by atoms with Gasteiger partial charge in [0.05, 0.1) is 0 Å². The highest BCUT2D eigenvalue weighted by atomic mass is 16.7. The third-order valence-corrected chi connectivity index (χ3v) is 1.84. The minimum absolute atomic E-state index is 0.135. The molecule has 7 heteroatoms. The van der Waals surface area contributed by atoms with Gasteiger partial charge in [-0.05, 0) is 12.1 Å². The summed E-state index contributed by atoms with van der Waals surface area (Å²) in [6, 6.07) is 8.64. The van der Waals surface area contributed by atoms with E-state index in [2.05, 4.69) is 9.47 Å². The van der Waals surface area contributed by atoms with Gasteiger partial charge in [0.25, 0.3) is 0 Å². The number of carbonyl (C=O) groups is 2. The van der Waals surface area contributed by atoms with Gasteiger partial charge in [-0.25, -0.2) is 9.59 Å². The van der Waals surface area contributed by atoms with Crippen LogP contribution in [0, 0.1) is 0 Å². The highest BCUT2D eigenvalue weighted by Gasteiger charge is 2.17. The van der Waals surface area contributed by atoms with E-state index >= 15 is 0 Å². The summed E-state index contributed by atoms with van der Waals surface area (Å²) in [5.74, 6) is 0.520. The molecule has 1 unspecified atom stereocenters. The van der Waals surface area contributed by atoms with Crippen molar-refractivity contribution in [3.05, 3.63) is 30.3 Å². The van der Waals surface area contributed by atoms with Crippen LogP contribution in [0.2, 0.25) is 0 Å². The van der Waals surface area contributed by atoms with E-state index in [9.17, 15) is 9.59 Å². The van der Waals surface area contributed by atoms with Crippen molar-refractivity contribution >= 4 is 12.3 Å². The molecule has 0 bridgehead atoms. The van der Waals surface area contributed by atoms with Crippen LogP contribution in [-0.2, 0) is 9.47 Å². The first-order chi connectivity index (χ1) is 8.58. The Hall–Kier alpha value is -2.44. The molecule has 0 amide bonds. The van der Waals surface area contributed by atoms with Gasteiger partial charge < -0.3 is 24.4 Å². The summed E-state index contributed by atoms with van der Waals surface area (Å²) in [7, 11) is 0. The second-order valence-electron chi connectivity index (χ2n) is 3.21. The van der Waals surface area contributed by atoms with Crippen molar-refractivity contribution in [2.75, 3.05) is 13.2 Å². The first kappa shape index (κ1) is 13.6. The van der Waals surface area contributed by atoms with Crippen molar-refractivity contribution < 1.29 is 34.0 Å². The van der Waals surface area contributed by atoms with Crippen LogP contribution in [-0.4, -0.2) is 41.8 Å². The Morgan fingerprint density at radius 2 is 1.72 bits per heavy atom. The first-order valence-electron chi connectivity index (χ1n) is 5.01.